The summed E-state index contributed by atoms with van der Waals surface area (Å²) in [6.07, 6.45) is 2.19. The fourth-order valence-electron chi connectivity index (χ4n) is 2.31. The first kappa shape index (κ1) is 15.2. The largest absolute Gasteiger partial charge is 0.497 e. The molecule has 5 heteroatoms. The Morgan fingerprint density at radius 3 is 2.85 bits per heavy atom. The summed E-state index contributed by atoms with van der Waals surface area (Å²) < 4.78 is 5.11. The van der Waals surface area contributed by atoms with Crippen molar-refractivity contribution in [1.82, 2.24) is 10.6 Å². The van der Waals surface area contributed by atoms with E-state index in [1.807, 2.05) is 24.3 Å². The molecule has 1 amide bonds. The van der Waals surface area contributed by atoms with Crippen LogP contribution in [0.15, 0.2) is 29.2 Å². The fraction of sp³-hybridized carbons (Fsp3) is 0.533. The van der Waals surface area contributed by atoms with Crippen LogP contribution < -0.4 is 15.4 Å². The van der Waals surface area contributed by atoms with Crippen LogP contribution in [0.4, 0.5) is 0 Å². The summed E-state index contributed by atoms with van der Waals surface area (Å²) in [4.78, 5) is 13.0. The van der Waals surface area contributed by atoms with Crippen molar-refractivity contribution in [2.24, 2.45) is 0 Å². The van der Waals surface area contributed by atoms with Crippen LogP contribution in [0.25, 0.3) is 0 Å². The number of ether oxygens (including phenoxy) is 1. The lowest BCUT2D eigenvalue weighted by atomic mass is 10.00. The molecule has 2 unspecified atom stereocenters. The van der Waals surface area contributed by atoms with E-state index in [9.17, 15) is 4.79 Å². The summed E-state index contributed by atoms with van der Waals surface area (Å²) in [6.45, 7) is 3.18. The van der Waals surface area contributed by atoms with E-state index in [1.54, 1.807) is 18.9 Å². The van der Waals surface area contributed by atoms with Gasteiger partial charge in [0.1, 0.15) is 5.75 Å². The van der Waals surface area contributed by atoms with Crippen molar-refractivity contribution >= 4 is 17.7 Å². The summed E-state index contributed by atoms with van der Waals surface area (Å²) in [7, 11) is 1.65. The Morgan fingerprint density at radius 2 is 2.20 bits per heavy atom. The fourth-order valence-corrected chi connectivity index (χ4v) is 3.02. The van der Waals surface area contributed by atoms with Crippen LogP contribution in [0.2, 0.25) is 0 Å². The van der Waals surface area contributed by atoms with E-state index >= 15 is 0 Å². The predicted octanol–water partition coefficient (Wildman–Crippen LogP) is 2.04. The molecular formula is C15H22N2O2S. The standard InChI is InChI=1S/C15H22N2O2S/c1-11-14(4-3-9-16-11)17-15(18)10-20-13-7-5-12(19-2)6-8-13/h5-8,11,14,16H,3-4,9-10H2,1-2H3,(H,17,18). The van der Waals surface area contributed by atoms with Crippen LogP contribution in [0.3, 0.4) is 0 Å². The number of carbonyl (C=O) groups excluding carboxylic acids is 1. The van der Waals surface area contributed by atoms with Crippen molar-refractivity contribution in [3.63, 3.8) is 0 Å². The topological polar surface area (TPSA) is 50.4 Å². The number of amides is 1. The van der Waals surface area contributed by atoms with Crippen LogP contribution in [0, 0.1) is 0 Å². The maximum atomic E-state index is 12.0. The van der Waals surface area contributed by atoms with Crippen LogP contribution >= 0.6 is 11.8 Å². The summed E-state index contributed by atoms with van der Waals surface area (Å²) in [5.74, 6) is 1.39. The quantitative estimate of drug-likeness (QED) is 0.816. The zero-order chi connectivity index (χ0) is 14.4. The Balaban J connectivity index is 1.76. The Morgan fingerprint density at radius 1 is 1.45 bits per heavy atom. The van der Waals surface area contributed by atoms with Crippen LogP contribution in [-0.4, -0.2) is 37.4 Å². The molecule has 1 aliphatic heterocycles. The van der Waals surface area contributed by atoms with Gasteiger partial charge in [0.05, 0.1) is 12.9 Å². The van der Waals surface area contributed by atoms with E-state index in [0.29, 0.717) is 11.8 Å². The minimum Gasteiger partial charge on any atom is -0.497 e. The Bertz CT molecular complexity index is 436. The molecule has 0 spiro atoms. The zero-order valence-electron chi connectivity index (χ0n) is 12.0. The zero-order valence-corrected chi connectivity index (χ0v) is 12.8. The molecule has 2 atom stereocenters. The molecule has 0 aromatic heterocycles. The molecule has 1 saturated heterocycles. The van der Waals surface area contributed by atoms with Gasteiger partial charge < -0.3 is 15.4 Å². The third kappa shape index (κ3) is 4.42. The summed E-state index contributed by atoms with van der Waals surface area (Å²) in [5, 5.41) is 6.50. The SMILES string of the molecule is COc1ccc(SCC(=O)NC2CCCNC2C)cc1. The van der Waals surface area contributed by atoms with Gasteiger partial charge in [-0.15, -0.1) is 11.8 Å². The van der Waals surface area contributed by atoms with Gasteiger partial charge in [-0.2, -0.15) is 0 Å². The normalized spacial score (nSPS) is 22.3. The van der Waals surface area contributed by atoms with Gasteiger partial charge in [-0.3, -0.25) is 4.79 Å². The lowest BCUT2D eigenvalue weighted by Gasteiger charge is -2.30. The first-order chi connectivity index (χ1) is 9.69. The average molecular weight is 294 g/mol. The molecule has 0 bridgehead atoms. The van der Waals surface area contributed by atoms with Crippen molar-refractivity contribution in [3.8, 4) is 5.75 Å². The molecule has 20 heavy (non-hydrogen) atoms. The number of benzene rings is 1. The predicted molar refractivity (Wildman–Crippen MR) is 82.3 cm³/mol. The first-order valence-corrected chi connectivity index (χ1v) is 7.97. The van der Waals surface area contributed by atoms with Gasteiger partial charge in [0.25, 0.3) is 0 Å². The van der Waals surface area contributed by atoms with E-state index in [2.05, 4.69) is 17.6 Å². The molecule has 2 rings (SSSR count). The first-order valence-electron chi connectivity index (χ1n) is 6.98. The third-order valence-electron chi connectivity index (χ3n) is 3.54. The molecule has 1 heterocycles. The molecule has 1 fully saturated rings. The molecule has 1 aliphatic rings. The molecule has 0 aliphatic carbocycles. The lowest BCUT2D eigenvalue weighted by Crippen LogP contribution is -2.52. The highest BCUT2D eigenvalue weighted by Crippen LogP contribution is 2.21. The second-order valence-corrected chi connectivity index (χ2v) is 6.07. The smallest absolute Gasteiger partial charge is 0.230 e. The molecule has 4 nitrogen and oxygen atoms in total. The van der Waals surface area contributed by atoms with Crippen molar-refractivity contribution in [1.29, 1.82) is 0 Å². The highest BCUT2D eigenvalue weighted by Gasteiger charge is 2.22. The second-order valence-electron chi connectivity index (χ2n) is 5.02. The van der Waals surface area contributed by atoms with Gasteiger partial charge in [-0.25, -0.2) is 0 Å². The molecule has 110 valence electrons. The van der Waals surface area contributed by atoms with Crippen LogP contribution in [0.5, 0.6) is 5.75 Å². The van der Waals surface area contributed by atoms with Gasteiger partial charge in [-0.1, -0.05) is 0 Å². The van der Waals surface area contributed by atoms with E-state index < -0.39 is 0 Å². The molecule has 0 saturated carbocycles. The number of carbonyl (C=O) groups is 1. The molecule has 1 aromatic carbocycles. The summed E-state index contributed by atoms with van der Waals surface area (Å²) in [6, 6.07) is 8.38. The van der Waals surface area contributed by atoms with Crippen LogP contribution in [-0.2, 0) is 4.79 Å². The van der Waals surface area contributed by atoms with Gasteiger partial charge in [0, 0.05) is 17.0 Å². The number of piperidine rings is 1. The number of methoxy groups -OCH3 is 1. The van der Waals surface area contributed by atoms with Gasteiger partial charge >= 0.3 is 0 Å². The number of thioether (sulfide) groups is 1. The van der Waals surface area contributed by atoms with Crippen LogP contribution in [0.1, 0.15) is 19.8 Å². The monoisotopic (exact) mass is 294 g/mol. The van der Waals surface area contributed by atoms with E-state index in [1.165, 1.54) is 0 Å². The second kappa shape index (κ2) is 7.55. The van der Waals surface area contributed by atoms with Crippen molar-refractivity contribution in [2.75, 3.05) is 19.4 Å². The van der Waals surface area contributed by atoms with Crippen molar-refractivity contribution in [2.45, 2.75) is 36.7 Å². The van der Waals surface area contributed by atoms with E-state index in [0.717, 1.165) is 30.0 Å². The highest BCUT2D eigenvalue weighted by atomic mass is 32.2. The Hall–Kier alpha value is -1.20. The lowest BCUT2D eigenvalue weighted by molar-refractivity contribution is -0.119. The average Bonchev–Trinajstić information content (AvgIpc) is 2.48. The van der Waals surface area contributed by atoms with E-state index in [-0.39, 0.29) is 11.9 Å². The number of hydrogen-bond donors (Lipinski definition) is 2. The third-order valence-corrected chi connectivity index (χ3v) is 4.55. The molecular weight excluding hydrogens is 272 g/mol. The Labute approximate surface area is 124 Å². The van der Waals surface area contributed by atoms with Gasteiger partial charge in [0.2, 0.25) is 5.91 Å². The van der Waals surface area contributed by atoms with Gasteiger partial charge in [0.15, 0.2) is 0 Å². The number of rotatable bonds is 5. The molecule has 2 N–H and O–H groups in total. The van der Waals surface area contributed by atoms with Crippen molar-refractivity contribution in [3.05, 3.63) is 24.3 Å². The number of nitrogens with one attached hydrogen (secondary N) is 2. The summed E-state index contributed by atoms with van der Waals surface area (Å²) >= 11 is 1.55. The highest BCUT2D eigenvalue weighted by molar-refractivity contribution is 8.00. The van der Waals surface area contributed by atoms with Gasteiger partial charge in [-0.05, 0) is 50.6 Å². The summed E-state index contributed by atoms with van der Waals surface area (Å²) in [5.41, 5.74) is 0. The molecule has 0 radical (unpaired) electrons. The Kier molecular flexibility index (Phi) is 5.73. The minimum absolute atomic E-state index is 0.103. The maximum absolute atomic E-state index is 12.0. The molecule has 1 aromatic rings. The minimum atomic E-state index is 0.103. The van der Waals surface area contributed by atoms with E-state index in [4.69, 9.17) is 4.74 Å². The van der Waals surface area contributed by atoms with Crippen molar-refractivity contribution < 1.29 is 9.53 Å². The maximum Gasteiger partial charge on any atom is 0.230 e. The number of hydrogen-bond acceptors (Lipinski definition) is 4.